The minimum atomic E-state index is -0.659. The average Bonchev–Trinajstić information content (AvgIpc) is 3.18. The largest absolute Gasteiger partial charge is 0.465 e. The Bertz CT molecular complexity index is 289. The van der Waals surface area contributed by atoms with Gasteiger partial charge in [0, 0.05) is 6.04 Å². The van der Waals surface area contributed by atoms with Gasteiger partial charge in [-0.3, -0.25) is 5.32 Å². The second-order valence-corrected chi connectivity index (χ2v) is 5.80. The lowest BCUT2D eigenvalue weighted by molar-refractivity contribution is -0.157. The van der Waals surface area contributed by atoms with Crippen LogP contribution < -0.4 is 5.32 Å². The Kier molecular flexibility index (Phi) is 6.27. The normalized spacial score (nSPS) is 20.1. The van der Waals surface area contributed by atoms with Crippen LogP contribution in [-0.2, 0) is 14.3 Å². The van der Waals surface area contributed by atoms with Crippen molar-refractivity contribution in [1.82, 2.24) is 5.32 Å². The van der Waals surface area contributed by atoms with E-state index in [0.717, 1.165) is 19.3 Å². The van der Waals surface area contributed by atoms with E-state index in [-0.39, 0.29) is 18.1 Å². The van der Waals surface area contributed by atoms with Crippen molar-refractivity contribution in [3.05, 3.63) is 0 Å². The van der Waals surface area contributed by atoms with Gasteiger partial charge in [-0.15, -0.1) is 0 Å². The fourth-order valence-corrected chi connectivity index (χ4v) is 2.30. The molecule has 0 heterocycles. The number of hydrogen-bond donors (Lipinski definition) is 1. The maximum absolute atomic E-state index is 12.4. The highest BCUT2D eigenvalue weighted by molar-refractivity contribution is 5.82. The minimum Gasteiger partial charge on any atom is -0.465 e. The summed E-state index contributed by atoms with van der Waals surface area (Å²) in [6.45, 7) is 10.9. The van der Waals surface area contributed by atoms with Gasteiger partial charge in [0.1, 0.15) is 5.54 Å². The van der Waals surface area contributed by atoms with Crippen molar-refractivity contribution in [3.63, 3.8) is 0 Å². The number of ether oxygens (including phenoxy) is 2. The molecule has 1 N–H and O–H groups in total. The lowest BCUT2D eigenvalue weighted by Crippen LogP contribution is -2.60. The van der Waals surface area contributed by atoms with E-state index in [1.165, 1.54) is 0 Å². The first-order chi connectivity index (χ1) is 8.96. The molecule has 0 saturated heterocycles. The van der Waals surface area contributed by atoms with Crippen molar-refractivity contribution in [2.45, 2.75) is 71.6 Å². The molecule has 112 valence electrons. The summed E-state index contributed by atoms with van der Waals surface area (Å²) in [7, 11) is 0. The van der Waals surface area contributed by atoms with Gasteiger partial charge in [0.2, 0.25) is 0 Å². The predicted octanol–water partition coefficient (Wildman–Crippen LogP) is 2.51. The summed E-state index contributed by atoms with van der Waals surface area (Å²) >= 11 is 0. The number of esters is 1. The Morgan fingerprint density at radius 1 is 1.32 bits per heavy atom. The molecule has 19 heavy (non-hydrogen) atoms. The van der Waals surface area contributed by atoms with Crippen LogP contribution >= 0.6 is 0 Å². The van der Waals surface area contributed by atoms with Crippen molar-refractivity contribution in [3.8, 4) is 0 Å². The van der Waals surface area contributed by atoms with E-state index < -0.39 is 5.54 Å². The molecule has 1 aliphatic rings. The highest BCUT2D eigenvalue weighted by atomic mass is 16.5. The summed E-state index contributed by atoms with van der Waals surface area (Å²) in [5.74, 6) is 0.188. The summed E-state index contributed by atoms with van der Waals surface area (Å²) in [5, 5.41) is 3.42. The Morgan fingerprint density at radius 2 is 1.95 bits per heavy atom. The van der Waals surface area contributed by atoms with Crippen LogP contribution in [0.3, 0.4) is 0 Å². The second-order valence-electron chi connectivity index (χ2n) is 5.80. The fourth-order valence-electron chi connectivity index (χ4n) is 2.30. The molecule has 2 unspecified atom stereocenters. The smallest absolute Gasteiger partial charge is 0.329 e. The van der Waals surface area contributed by atoms with Gasteiger partial charge >= 0.3 is 5.97 Å². The van der Waals surface area contributed by atoms with Gasteiger partial charge in [-0.1, -0.05) is 6.92 Å². The van der Waals surface area contributed by atoms with Crippen LogP contribution in [0.25, 0.3) is 0 Å². The van der Waals surface area contributed by atoms with Gasteiger partial charge in [0.05, 0.1) is 19.3 Å². The molecule has 2 atom stereocenters. The molecule has 0 bridgehead atoms. The zero-order chi connectivity index (χ0) is 14.5. The summed E-state index contributed by atoms with van der Waals surface area (Å²) in [4.78, 5) is 12.4. The third-order valence-electron chi connectivity index (χ3n) is 3.63. The molecule has 1 aliphatic carbocycles. The van der Waals surface area contributed by atoms with E-state index in [2.05, 4.69) is 26.1 Å². The molecule has 4 nitrogen and oxygen atoms in total. The van der Waals surface area contributed by atoms with E-state index in [9.17, 15) is 4.79 Å². The van der Waals surface area contributed by atoms with Gasteiger partial charge in [0.15, 0.2) is 0 Å². The van der Waals surface area contributed by atoms with E-state index in [1.807, 2.05) is 13.8 Å². The zero-order valence-corrected chi connectivity index (χ0v) is 13.0. The molecule has 0 aromatic rings. The quantitative estimate of drug-likeness (QED) is 0.655. The number of rotatable bonds is 9. The predicted molar refractivity (Wildman–Crippen MR) is 76.1 cm³/mol. The van der Waals surface area contributed by atoms with Gasteiger partial charge in [-0.2, -0.15) is 0 Å². The van der Waals surface area contributed by atoms with Crippen LogP contribution in [-0.4, -0.2) is 36.9 Å². The Hall–Kier alpha value is -0.610. The maximum Gasteiger partial charge on any atom is 0.329 e. The third-order valence-corrected chi connectivity index (χ3v) is 3.63. The topological polar surface area (TPSA) is 47.6 Å². The highest BCUT2D eigenvalue weighted by Crippen LogP contribution is 2.41. The van der Waals surface area contributed by atoms with E-state index in [4.69, 9.17) is 9.47 Å². The van der Waals surface area contributed by atoms with Gasteiger partial charge in [-0.25, -0.2) is 4.79 Å². The molecular weight excluding hydrogens is 242 g/mol. The van der Waals surface area contributed by atoms with Gasteiger partial charge in [-0.05, 0) is 52.9 Å². The molecule has 0 radical (unpaired) electrons. The molecule has 1 saturated carbocycles. The van der Waals surface area contributed by atoms with Crippen LogP contribution in [0, 0.1) is 5.92 Å². The molecule has 0 amide bonds. The monoisotopic (exact) mass is 271 g/mol. The lowest BCUT2D eigenvalue weighted by atomic mass is 9.93. The summed E-state index contributed by atoms with van der Waals surface area (Å²) < 4.78 is 11.2. The maximum atomic E-state index is 12.4. The summed E-state index contributed by atoms with van der Waals surface area (Å²) in [6.07, 6.45) is 3.26. The molecule has 0 aromatic carbocycles. The lowest BCUT2D eigenvalue weighted by Gasteiger charge is -2.35. The minimum absolute atomic E-state index is 0.158. The van der Waals surface area contributed by atoms with Gasteiger partial charge < -0.3 is 9.47 Å². The second kappa shape index (κ2) is 7.25. The molecule has 0 aromatic heterocycles. The first-order valence-corrected chi connectivity index (χ1v) is 7.52. The standard InChI is InChI=1S/C15H29NO3/c1-6-12(5)19-10-15(13-8-9-13,16-11(3)4)14(17)18-7-2/h11-13,16H,6-10H2,1-5H3. The molecule has 4 heteroatoms. The van der Waals surface area contributed by atoms with Crippen molar-refractivity contribution in [2.75, 3.05) is 13.2 Å². The Balaban J connectivity index is 2.81. The average molecular weight is 271 g/mol. The Morgan fingerprint density at radius 3 is 2.37 bits per heavy atom. The number of carbonyl (C=O) groups is 1. The first-order valence-electron chi connectivity index (χ1n) is 7.52. The zero-order valence-electron chi connectivity index (χ0n) is 13.0. The number of carbonyl (C=O) groups excluding carboxylic acids is 1. The van der Waals surface area contributed by atoms with Crippen LogP contribution in [0.1, 0.15) is 53.9 Å². The highest BCUT2D eigenvalue weighted by Gasteiger charge is 2.52. The third kappa shape index (κ3) is 4.46. The van der Waals surface area contributed by atoms with Crippen molar-refractivity contribution in [1.29, 1.82) is 0 Å². The van der Waals surface area contributed by atoms with Crippen molar-refractivity contribution in [2.24, 2.45) is 5.92 Å². The Labute approximate surface area is 117 Å². The molecular formula is C15H29NO3. The van der Waals surface area contributed by atoms with Gasteiger partial charge in [0.25, 0.3) is 0 Å². The number of hydrogen-bond acceptors (Lipinski definition) is 4. The molecule has 1 fully saturated rings. The SMILES string of the molecule is CCOC(=O)C(COC(C)CC)(NC(C)C)C1CC1. The summed E-state index contributed by atoms with van der Waals surface area (Å²) in [5.41, 5.74) is -0.659. The van der Waals surface area contributed by atoms with Crippen LogP contribution in [0.15, 0.2) is 0 Å². The van der Waals surface area contributed by atoms with Crippen LogP contribution in [0.2, 0.25) is 0 Å². The first kappa shape index (κ1) is 16.4. The van der Waals surface area contributed by atoms with Crippen LogP contribution in [0.5, 0.6) is 0 Å². The molecule has 1 rings (SSSR count). The fraction of sp³-hybridized carbons (Fsp3) is 0.933. The summed E-state index contributed by atoms with van der Waals surface area (Å²) in [6, 6.07) is 0.227. The number of nitrogens with one attached hydrogen (secondary N) is 1. The van der Waals surface area contributed by atoms with Crippen molar-refractivity contribution < 1.29 is 14.3 Å². The molecule has 0 aliphatic heterocycles. The van der Waals surface area contributed by atoms with E-state index in [0.29, 0.717) is 19.1 Å². The van der Waals surface area contributed by atoms with Crippen LogP contribution in [0.4, 0.5) is 0 Å². The van der Waals surface area contributed by atoms with E-state index in [1.54, 1.807) is 0 Å². The molecule has 0 spiro atoms. The van der Waals surface area contributed by atoms with E-state index >= 15 is 0 Å². The van der Waals surface area contributed by atoms with Crippen molar-refractivity contribution >= 4 is 5.97 Å².